The normalized spacial score (nSPS) is 26.5. The molecule has 1 saturated carbocycles. The summed E-state index contributed by atoms with van der Waals surface area (Å²) in [6, 6.07) is 0. The maximum absolute atomic E-state index is 11.6. The van der Waals surface area contributed by atoms with E-state index in [0.717, 1.165) is 6.42 Å². The van der Waals surface area contributed by atoms with Crippen molar-refractivity contribution in [3.8, 4) is 0 Å². The molecular formula is C14H24O3. The third kappa shape index (κ3) is 3.30. The second-order valence-corrected chi connectivity index (χ2v) is 6.20. The fraction of sp³-hybridized carbons (Fsp3) is 0.857. The number of carbonyl (C=O) groups excluding carboxylic acids is 2. The quantitative estimate of drug-likeness (QED) is 0.694. The van der Waals surface area contributed by atoms with Crippen molar-refractivity contribution in [3.63, 3.8) is 0 Å². The van der Waals surface area contributed by atoms with E-state index < -0.39 is 0 Å². The highest BCUT2D eigenvalue weighted by Gasteiger charge is 2.50. The summed E-state index contributed by atoms with van der Waals surface area (Å²) in [5, 5.41) is 0. The smallest absolute Gasteiger partial charge is 0.306 e. The van der Waals surface area contributed by atoms with Gasteiger partial charge in [-0.25, -0.2) is 0 Å². The number of carbonyl (C=O) groups is 2. The highest BCUT2D eigenvalue weighted by atomic mass is 16.5. The lowest BCUT2D eigenvalue weighted by Crippen LogP contribution is -2.49. The van der Waals surface area contributed by atoms with E-state index in [-0.39, 0.29) is 29.0 Å². The van der Waals surface area contributed by atoms with Crippen LogP contribution in [0.15, 0.2) is 0 Å². The zero-order chi connectivity index (χ0) is 13.2. The largest absolute Gasteiger partial charge is 0.465 e. The van der Waals surface area contributed by atoms with Crippen molar-refractivity contribution >= 4 is 11.8 Å². The van der Waals surface area contributed by atoms with E-state index in [4.69, 9.17) is 4.74 Å². The third-order valence-electron chi connectivity index (χ3n) is 3.95. The van der Waals surface area contributed by atoms with E-state index in [9.17, 15) is 9.59 Å². The van der Waals surface area contributed by atoms with Crippen LogP contribution in [0.4, 0.5) is 0 Å². The van der Waals surface area contributed by atoms with Crippen molar-refractivity contribution in [2.75, 3.05) is 6.61 Å². The summed E-state index contributed by atoms with van der Waals surface area (Å²) in [7, 11) is 0. The van der Waals surface area contributed by atoms with E-state index in [2.05, 4.69) is 13.8 Å². The first-order valence-corrected chi connectivity index (χ1v) is 6.41. The molecule has 0 N–H and O–H groups in total. The number of ketones is 1. The van der Waals surface area contributed by atoms with Crippen molar-refractivity contribution in [2.45, 2.75) is 47.5 Å². The van der Waals surface area contributed by atoms with Crippen LogP contribution in [-0.2, 0) is 14.3 Å². The molecule has 0 radical (unpaired) electrons. The molecule has 0 amide bonds. The van der Waals surface area contributed by atoms with Gasteiger partial charge < -0.3 is 4.74 Å². The zero-order valence-electron chi connectivity index (χ0n) is 11.6. The molecule has 3 nitrogen and oxygen atoms in total. The monoisotopic (exact) mass is 240 g/mol. The Hall–Kier alpha value is -0.860. The zero-order valence-corrected chi connectivity index (χ0v) is 11.6. The fourth-order valence-corrected chi connectivity index (χ4v) is 2.57. The van der Waals surface area contributed by atoms with Crippen LogP contribution in [0.3, 0.4) is 0 Å². The van der Waals surface area contributed by atoms with Gasteiger partial charge in [-0.1, -0.05) is 27.7 Å². The molecule has 1 aliphatic rings. The number of hydrogen-bond acceptors (Lipinski definition) is 3. The van der Waals surface area contributed by atoms with Crippen LogP contribution in [-0.4, -0.2) is 18.4 Å². The molecule has 2 atom stereocenters. The Morgan fingerprint density at radius 2 is 1.94 bits per heavy atom. The molecule has 0 aromatic heterocycles. The average Bonchev–Trinajstić information content (AvgIpc) is 2.20. The molecule has 1 rings (SSSR count). The van der Waals surface area contributed by atoms with Gasteiger partial charge >= 0.3 is 5.97 Å². The lowest BCUT2D eigenvalue weighted by Gasteiger charge is -2.50. The fourth-order valence-electron chi connectivity index (χ4n) is 2.57. The first-order chi connectivity index (χ1) is 7.75. The number of rotatable bonds is 5. The summed E-state index contributed by atoms with van der Waals surface area (Å²) in [5.74, 6) is 0.889. The topological polar surface area (TPSA) is 43.4 Å². The van der Waals surface area contributed by atoms with Crippen molar-refractivity contribution in [1.29, 1.82) is 0 Å². The summed E-state index contributed by atoms with van der Waals surface area (Å²) in [6.07, 6.45) is 1.28. The van der Waals surface area contributed by atoms with E-state index in [1.165, 1.54) is 0 Å². The Balaban J connectivity index is 2.40. The Morgan fingerprint density at radius 3 is 2.35 bits per heavy atom. The molecule has 0 aromatic carbocycles. The molecule has 3 heteroatoms. The maximum Gasteiger partial charge on any atom is 0.306 e. The summed E-state index contributed by atoms with van der Waals surface area (Å²) in [5.41, 5.74) is -0.0529. The summed E-state index contributed by atoms with van der Waals surface area (Å²) >= 11 is 0. The number of hydrogen-bond donors (Lipinski definition) is 0. The third-order valence-corrected chi connectivity index (χ3v) is 3.95. The maximum atomic E-state index is 11.6. The van der Waals surface area contributed by atoms with Gasteiger partial charge in [0.2, 0.25) is 0 Å². The van der Waals surface area contributed by atoms with Crippen LogP contribution in [0.1, 0.15) is 47.5 Å². The molecule has 98 valence electrons. The molecule has 0 bridgehead atoms. The number of Topliss-reactive ketones (excluding diaryl/α,β-unsaturated/α-hetero) is 1. The predicted molar refractivity (Wildman–Crippen MR) is 66.5 cm³/mol. The van der Waals surface area contributed by atoms with E-state index in [1.54, 1.807) is 6.92 Å². The summed E-state index contributed by atoms with van der Waals surface area (Å²) in [6.45, 7) is 10.3. The molecule has 0 aliphatic heterocycles. The van der Waals surface area contributed by atoms with Gasteiger partial charge in [0.1, 0.15) is 5.78 Å². The Labute approximate surface area is 104 Å². The molecule has 2 unspecified atom stereocenters. The Kier molecular flexibility index (Phi) is 4.34. The minimum absolute atomic E-state index is 0.0529. The number of ether oxygens (including phenoxy) is 1. The van der Waals surface area contributed by atoms with Crippen LogP contribution in [0.5, 0.6) is 0 Å². The molecule has 17 heavy (non-hydrogen) atoms. The van der Waals surface area contributed by atoms with Gasteiger partial charge in [0, 0.05) is 12.3 Å². The van der Waals surface area contributed by atoms with Crippen molar-refractivity contribution in [3.05, 3.63) is 0 Å². The molecule has 0 saturated heterocycles. The second-order valence-electron chi connectivity index (χ2n) is 6.20. The first-order valence-electron chi connectivity index (χ1n) is 6.41. The molecule has 1 fully saturated rings. The van der Waals surface area contributed by atoms with E-state index in [0.29, 0.717) is 18.9 Å². The van der Waals surface area contributed by atoms with Crippen LogP contribution in [0.2, 0.25) is 0 Å². The van der Waals surface area contributed by atoms with Gasteiger partial charge in [0.05, 0.1) is 6.61 Å². The van der Waals surface area contributed by atoms with Crippen LogP contribution in [0, 0.1) is 23.2 Å². The predicted octanol–water partition coefficient (Wildman–Crippen LogP) is 2.83. The lowest BCUT2D eigenvalue weighted by atomic mass is 9.53. The van der Waals surface area contributed by atoms with Crippen LogP contribution in [0.25, 0.3) is 0 Å². The summed E-state index contributed by atoms with van der Waals surface area (Å²) in [4.78, 5) is 23.0. The van der Waals surface area contributed by atoms with Crippen LogP contribution < -0.4 is 0 Å². The van der Waals surface area contributed by atoms with Gasteiger partial charge in [0.25, 0.3) is 0 Å². The van der Waals surface area contributed by atoms with Crippen LogP contribution >= 0.6 is 0 Å². The summed E-state index contributed by atoms with van der Waals surface area (Å²) < 4.78 is 5.18. The van der Waals surface area contributed by atoms with Crippen molar-refractivity contribution < 1.29 is 14.3 Å². The van der Waals surface area contributed by atoms with Crippen molar-refractivity contribution in [2.24, 2.45) is 23.2 Å². The van der Waals surface area contributed by atoms with Gasteiger partial charge in [0.15, 0.2) is 0 Å². The van der Waals surface area contributed by atoms with Gasteiger partial charge in [-0.2, -0.15) is 0 Å². The second kappa shape index (κ2) is 5.19. The molecule has 0 aromatic rings. The highest BCUT2D eigenvalue weighted by molar-refractivity contribution is 5.81. The minimum atomic E-state index is -0.126. The highest BCUT2D eigenvalue weighted by Crippen LogP contribution is 2.53. The van der Waals surface area contributed by atoms with E-state index >= 15 is 0 Å². The Bertz CT molecular complexity index is 305. The van der Waals surface area contributed by atoms with E-state index in [1.807, 2.05) is 13.8 Å². The minimum Gasteiger partial charge on any atom is -0.465 e. The Morgan fingerprint density at radius 1 is 1.35 bits per heavy atom. The molecule has 0 heterocycles. The van der Waals surface area contributed by atoms with Gasteiger partial charge in [-0.15, -0.1) is 0 Å². The standard InChI is InChI=1S/C14H24O3/c1-9(2)8-17-13(16)7-11-6-12(10(3)15)14(11,4)5/h9,11-12H,6-8H2,1-5H3. The van der Waals surface area contributed by atoms with Gasteiger partial charge in [-0.3, -0.25) is 9.59 Å². The lowest BCUT2D eigenvalue weighted by molar-refractivity contribution is -0.154. The first kappa shape index (κ1) is 14.2. The SMILES string of the molecule is CC(=O)C1CC(CC(=O)OCC(C)C)C1(C)C. The van der Waals surface area contributed by atoms with Gasteiger partial charge in [-0.05, 0) is 30.6 Å². The molecule has 1 aliphatic carbocycles. The number of esters is 1. The van der Waals surface area contributed by atoms with Crippen molar-refractivity contribution in [1.82, 2.24) is 0 Å². The average molecular weight is 240 g/mol. The molecule has 0 spiro atoms. The molecular weight excluding hydrogens is 216 g/mol.